The van der Waals surface area contributed by atoms with Gasteiger partial charge in [0, 0.05) is 10.7 Å². The van der Waals surface area contributed by atoms with E-state index in [9.17, 15) is 9.18 Å². The lowest BCUT2D eigenvalue weighted by Crippen LogP contribution is -2.43. The molecule has 6 heteroatoms. The lowest BCUT2D eigenvalue weighted by Gasteiger charge is -2.25. The van der Waals surface area contributed by atoms with Gasteiger partial charge in [-0.1, -0.05) is 30.7 Å². The van der Waals surface area contributed by atoms with Gasteiger partial charge in [0.15, 0.2) is 0 Å². The number of carbonyl (C=O) groups is 1. The maximum absolute atomic E-state index is 13.1. The number of anilines is 1. The molecule has 0 saturated carbocycles. The van der Waals surface area contributed by atoms with Crippen LogP contribution in [0.3, 0.4) is 0 Å². The Morgan fingerprint density at radius 3 is 2.61 bits per heavy atom. The van der Waals surface area contributed by atoms with Crippen molar-refractivity contribution < 1.29 is 9.18 Å². The summed E-state index contributed by atoms with van der Waals surface area (Å²) in [6, 6.07) is 3.79. The quantitative estimate of drug-likeness (QED) is 0.837. The summed E-state index contributed by atoms with van der Waals surface area (Å²) in [6.45, 7) is 3.45. The molecule has 0 spiro atoms. The monoisotopic (exact) mass is 288 g/mol. The van der Waals surface area contributed by atoms with Crippen LogP contribution in [-0.2, 0) is 4.79 Å². The molecule has 0 aromatic heterocycles. The normalized spacial score (nSPS) is 13.8. The second kappa shape index (κ2) is 5.63. The number of hydrogen-bond acceptors (Lipinski definition) is 2. The smallest absolute Gasteiger partial charge is 0.237 e. The zero-order valence-corrected chi connectivity index (χ0v) is 11.7. The molecule has 18 heavy (non-hydrogen) atoms. The predicted octanol–water partition coefficient (Wildman–Crippen LogP) is 3.12. The van der Waals surface area contributed by atoms with Gasteiger partial charge in [0.2, 0.25) is 5.91 Å². The number of hydrogen-bond donors (Lipinski definition) is 2. The first-order valence-electron chi connectivity index (χ1n) is 5.37. The molecule has 1 unspecified atom stereocenters. The van der Waals surface area contributed by atoms with Crippen LogP contribution in [0.1, 0.15) is 20.3 Å². The van der Waals surface area contributed by atoms with Gasteiger partial charge in [-0.3, -0.25) is 4.79 Å². The molecule has 3 N–H and O–H groups in total. The average molecular weight is 289 g/mol. The van der Waals surface area contributed by atoms with Gasteiger partial charge in [0.25, 0.3) is 0 Å². The third-order valence-electron chi connectivity index (χ3n) is 2.87. The molecule has 0 heterocycles. The Labute approximate surface area is 115 Å². The largest absolute Gasteiger partial charge is 0.392 e. The summed E-state index contributed by atoms with van der Waals surface area (Å²) < 4.78 is 13.1. The summed E-state index contributed by atoms with van der Waals surface area (Å²) >= 11 is 10.6. The van der Waals surface area contributed by atoms with Gasteiger partial charge in [-0.15, -0.1) is 0 Å². The standard InChI is InChI=1S/C12H14ClFN2OS/c1-3-12(2,10(15)18)11(17)16-9-5-7(13)4-8(14)6-9/h4-6H,3H2,1-2H3,(H2,15,18)(H,16,17). The van der Waals surface area contributed by atoms with E-state index in [0.29, 0.717) is 6.42 Å². The summed E-state index contributed by atoms with van der Waals surface area (Å²) in [5.41, 5.74) is 4.88. The van der Waals surface area contributed by atoms with Crippen molar-refractivity contribution >= 4 is 40.4 Å². The Hall–Kier alpha value is -1.20. The molecular weight excluding hydrogens is 275 g/mol. The van der Waals surface area contributed by atoms with E-state index in [1.807, 2.05) is 0 Å². The molecule has 1 rings (SSSR count). The molecule has 3 nitrogen and oxygen atoms in total. The third kappa shape index (κ3) is 3.17. The van der Waals surface area contributed by atoms with Gasteiger partial charge < -0.3 is 11.1 Å². The Bertz CT molecular complexity index is 475. The van der Waals surface area contributed by atoms with E-state index in [0.717, 1.165) is 6.07 Å². The lowest BCUT2D eigenvalue weighted by molar-refractivity contribution is -0.121. The van der Waals surface area contributed by atoms with Crippen molar-refractivity contribution in [3.05, 3.63) is 29.0 Å². The highest BCUT2D eigenvalue weighted by Gasteiger charge is 2.34. The summed E-state index contributed by atoms with van der Waals surface area (Å²) in [5, 5.41) is 2.77. The fraction of sp³-hybridized carbons (Fsp3) is 0.333. The molecule has 98 valence electrons. The SMILES string of the molecule is CCC(C)(C(=O)Nc1cc(F)cc(Cl)c1)C(N)=S. The maximum Gasteiger partial charge on any atom is 0.237 e. The van der Waals surface area contributed by atoms with Crippen LogP contribution in [0.2, 0.25) is 5.02 Å². The molecular formula is C12H14ClFN2OS. The summed E-state index contributed by atoms with van der Waals surface area (Å²) in [4.78, 5) is 12.2. The minimum Gasteiger partial charge on any atom is -0.392 e. The summed E-state index contributed by atoms with van der Waals surface area (Å²) in [5.74, 6) is -0.898. The second-order valence-corrected chi connectivity index (χ2v) is 5.04. The first-order chi connectivity index (χ1) is 8.29. The van der Waals surface area contributed by atoms with E-state index in [1.54, 1.807) is 13.8 Å². The van der Waals surface area contributed by atoms with Gasteiger partial charge in [-0.25, -0.2) is 4.39 Å². The molecule has 1 aromatic carbocycles. The zero-order chi connectivity index (χ0) is 13.9. The summed E-state index contributed by atoms with van der Waals surface area (Å²) in [6.07, 6.45) is 0.456. The molecule has 0 radical (unpaired) electrons. The second-order valence-electron chi connectivity index (χ2n) is 4.16. The average Bonchev–Trinajstić information content (AvgIpc) is 2.25. The van der Waals surface area contributed by atoms with Crippen LogP contribution in [0.4, 0.5) is 10.1 Å². The number of thiocarbonyl (C=S) groups is 1. The van der Waals surface area contributed by atoms with E-state index in [-0.39, 0.29) is 21.6 Å². The van der Waals surface area contributed by atoms with Gasteiger partial charge in [-0.05, 0) is 31.5 Å². The van der Waals surface area contributed by atoms with Crippen LogP contribution in [-0.4, -0.2) is 10.9 Å². The molecule has 1 amide bonds. The van der Waals surface area contributed by atoms with Crippen molar-refractivity contribution in [2.75, 3.05) is 5.32 Å². The van der Waals surface area contributed by atoms with Crippen LogP contribution in [0.25, 0.3) is 0 Å². The maximum atomic E-state index is 13.1. The van der Waals surface area contributed by atoms with Crippen LogP contribution in [0, 0.1) is 11.2 Å². The van der Waals surface area contributed by atoms with E-state index < -0.39 is 11.2 Å². The van der Waals surface area contributed by atoms with Crippen LogP contribution < -0.4 is 11.1 Å². The minimum atomic E-state index is -0.964. The Morgan fingerprint density at radius 1 is 1.56 bits per heavy atom. The fourth-order valence-corrected chi connectivity index (χ4v) is 1.80. The number of carbonyl (C=O) groups excluding carboxylic acids is 1. The number of benzene rings is 1. The highest BCUT2D eigenvalue weighted by molar-refractivity contribution is 7.80. The molecule has 0 aliphatic heterocycles. The molecule has 0 aliphatic carbocycles. The molecule has 1 aromatic rings. The van der Waals surface area contributed by atoms with Crippen LogP contribution >= 0.6 is 23.8 Å². The van der Waals surface area contributed by atoms with Crippen molar-refractivity contribution in [3.8, 4) is 0 Å². The van der Waals surface area contributed by atoms with Crippen molar-refractivity contribution in [1.82, 2.24) is 0 Å². The van der Waals surface area contributed by atoms with Crippen molar-refractivity contribution in [1.29, 1.82) is 0 Å². The van der Waals surface area contributed by atoms with E-state index in [2.05, 4.69) is 5.32 Å². The van der Waals surface area contributed by atoms with E-state index in [4.69, 9.17) is 29.6 Å². The minimum absolute atomic E-state index is 0.102. The van der Waals surface area contributed by atoms with Crippen molar-refractivity contribution in [2.24, 2.45) is 11.1 Å². The fourth-order valence-electron chi connectivity index (χ4n) is 1.34. The van der Waals surface area contributed by atoms with Gasteiger partial charge in [0.05, 0.1) is 10.4 Å². The van der Waals surface area contributed by atoms with Gasteiger partial charge in [-0.2, -0.15) is 0 Å². The molecule has 0 bridgehead atoms. The first-order valence-corrected chi connectivity index (χ1v) is 6.15. The van der Waals surface area contributed by atoms with Gasteiger partial charge >= 0.3 is 0 Å². The predicted molar refractivity (Wildman–Crippen MR) is 75.2 cm³/mol. The Morgan fingerprint density at radius 2 is 2.17 bits per heavy atom. The number of halogens is 2. The number of rotatable bonds is 4. The van der Waals surface area contributed by atoms with Crippen molar-refractivity contribution in [2.45, 2.75) is 20.3 Å². The molecule has 1 atom stereocenters. The topological polar surface area (TPSA) is 55.1 Å². The highest BCUT2D eigenvalue weighted by Crippen LogP contribution is 2.25. The van der Waals surface area contributed by atoms with E-state index in [1.165, 1.54) is 12.1 Å². The third-order valence-corrected chi connectivity index (χ3v) is 3.54. The van der Waals surface area contributed by atoms with Crippen LogP contribution in [0.5, 0.6) is 0 Å². The number of nitrogens with one attached hydrogen (secondary N) is 1. The van der Waals surface area contributed by atoms with Crippen LogP contribution in [0.15, 0.2) is 18.2 Å². The van der Waals surface area contributed by atoms with Crippen molar-refractivity contribution in [3.63, 3.8) is 0 Å². The highest BCUT2D eigenvalue weighted by atomic mass is 35.5. The lowest BCUT2D eigenvalue weighted by atomic mass is 9.86. The molecule has 0 fully saturated rings. The summed E-state index contributed by atoms with van der Waals surface area (Å²) in [7, 11) is 0. The number of nitrogens with two attached hydrogens (primary N) is 1. The molecule has 0 aliphatic rings. The zero-order valence-electron chi connectivity index (χ0n) is 10.1. The van der Waals surface area contributed by atoms with E-state index >= 15 is 0 Å². The molecule has 0 saturated heterocycles. The van der Waals surface area contributed by atoms with Gasteiger partial charge in [0.1, 0.15) is 5.82 Å². The number of amides is 1. The Kier molecular flexibility index (Phi) is 4.65. The first kappa shape index (κ1) is 14.9. The Balaban J connectivity index is 2.97.